The number of hydrogen-bond donors (Lipinski definition) is 1. The third kappa shape index (κ3) is 4.22. The number of rotatable bonds is 5. The van der Waals surface area contributed by atoms with Gasteiger partial charge in [0.25, 0.3) is 0 Å². The molecule has 24 heavy (non-hydrogen) atoms. The lowest BCUT2D eigenvalue weighted by Crippen LogP contribution is -2.40. The lowest BCUT2D eigenvalue weighted by atomic mass is 9.91. The van der Waals surface area contributed by atoms with Crippen LogP contribution in [0.2, 0.25) is 0 Å². The Hall–Kier alpha value is -1.71. The Labute approximate surface area is 150 Å². The fourth-order valence-corrected chi connectivity index (χ4v) is 3.83. The summed E-state index contributed by atoms with van der Waals surface area (Å²) in [5, 5.41) is 3.44. The maximum absolute atomic E-state index is 5.77. The lowest BCUT2D eigenvalue weighted by Gasteiger charge is -2.38. The van der Waals surface area contributed by atoms with Crippen LogP contribution in [0.5, 0.6) is 0 Å². The average molecular weight is 339 g/mol. The molecule has 0 radical (unpaired) electrons. The molecule has 2 atom stereocenters. The SMILES string of the molecule is C[C@H](C(=S)Nc1ccccc1)[C@@H](c1ccccc1)N1CCCCC1. The van der Waals surface area contributed by atoms with Gasteiger partial charge in [0, 0.05) is 17.6 Å². The molecule has 3 rings (SSSR count). The normalized spacial score (nSPS) is 17.9. The van der Waals surface area contributed by atoms with Crippen molar-refractivity contribution in [3.05, 3.63) is 66.2 Å². The van der Waals surface area contributed by atoms with E-state index < -0.39 is 0 Å². The van der Waals surface area contributed by atoms with Crippen molar-refractivity contribution in [2.45, 2.75) is 32.2 Å². The molecule has 0 unspecified atom stereocenters. The second-order valence-corrected chi connectivity index (χ2v) is 7.04. The number of benzene rings is 2. The summed E-state index contributed by atoms with van der Waals surface area (Å²) in [7, 11) is 0. The van der Waals surface area contributed by atoms with Crippen LogP contribution >= 0.6 is 12.2 Å². The number of hydrogen-bond acceptors (Lipinski definition) is 2. The van der Waals surface area contributed by atoms with Crippen LogP contribution in [0.3, 0.4) is 0 Å². The molecule has 0 aliphatic carbocycles. The van der Waals surface area contributed by atoms with Crippen molar-refractivity contribution >= 4 is 22.9 Å². The molecule has 0 saturated carbocycles. The van der Waals surface area contributed by atoms with Crippen LogP contribution in [0.4, 0.5) is 5.69 Å². The van der Waals surface area contributed by atoms with Gasteiger partial charge in [-0.2, -0.15) is 0 Å². The third-order valence-corrected chi connectivity index (χ3v) is 5.33. The van der Waals surface area contributed by atoms with E-state index in [0.717, 1.165) is 23.8 Å². The van der Waals surface area contributed by atoms with E-state index in [4.69, 9.17) is 12.2 Å². The molecule has 1 aliphatic heterocycles. The van der Waals surface area contributed by atoms with Gasteiger partial charge >= 0.3 is 0 Å². The topological polar surface area (TPSA) is 15.3 Å². The van der Waals surface area contributed by atoms with Crippen molar-refractivity contribution in [2.75, 3.05) is 18.4 Å². The number of nitrogens with zero attached hydrogens (tertiary/aromatic N) is 1. The molecule has 1 aliphatic rings. The standard InChI is InChI=1S/C21H26N2S/c1-17(21(24)22-19-13-7-3-8-14-19)20(18-11-5-2-6-12-18)23-15-9-4-10-16-23/h2-3,5-8,11-14,17,20H,4,9-10,15-16H2,1H3,(H,22,24)/t17-,20-/m0/s1. The van der Waals surface area contributed by atoms with E-state index in [1.165, 1.54) is 24.8 Å². The summed E-state index contributed by atoms with van der Waals surface area (Å²) in [5.41, 5.74) is 2.43. The highest BCUT2D eigenvalue weighted by Gasteiger charge is 2.29. The van der Waals surface area contributed by atoms with E-state index in [1.54, 1.807) is 0 Å². The fraction of sp³-hybridized carbons (Fsp3) is 0.381. The molecule has 2 aromatic carbocycles. The smallest absolute Gasteiger partial charge is 0.0845 e. The first-order valence-corrected chi connectivity index (χ1v) is 9.31. The quantitative estimate of drug-likeness (QED) is 0.746. The van der Waals surface area contributed by atoms with Crippen LogP contribution in [-0.2, 0) is 0 Å². The molecular formula is C21H26N2S. The molecule has 1 fully saturated rings. The van der Waals surface area contributed by atoms with Gasteiger partial charge in [-0.05, 0) is 43.6 Å². The molecule has 0 aromatic heterocycles. The van der Waals surface area contributed by atoms with Crippen LogP contribution in [-0.4, -0.2) is 23.0 Å². The first kappa shape index (κ1) is 17.1. The second kappa shape index (κ2) is 8.41. The highest BCUT2D eigenvalue weighted by atomic mass is 32.1. The Morgan fingerprint density at radius 3 is 2.12 bits per heavy atom. The van der Waals surface area contributed by atoms with Crippen molar-refractivity contribution in [3.63, 3.8) is 0 Å². The van der Waals surface area contributed by atoms with Crippen molar-refractivity contribution in [1.29, 1.82) is 0 Å². The van der Waals surface area contributed by atoms with E-state index in [-0.39, 0.29) is 5.92 Å². The van der Waals surface area contributed by atoms with E-state index >= 15 is 0 Å². The van der Waals surface area contributed by atoms with Crippen molar-refractivity contribution in [3.8, 4) is 0 Å². The number of thiocarbonyl (C=S) groups is 1. The zero-order chi connectivity index (χ0) is 16.8. The highest BCUT2D eigenvalue weighted by Crippen LogP contribution is 2.32. The molecular weight excluding hydrogens is 312 g/mol. The van der Waals surface area contributed by atoms with E-state index in [9.17, 15) is 0 Å². The van der Waals surface area contributed by atoms with E-state index in [0.29, 0.717) is 6.04 Å². The Kier molecular flexibility index (Phi) is 6.00. The monoisotopic (exact) mass is 338 g/mol. The number of likely N-dealkylation sites (tertiary alicyclic amines) is 1. The van der Waals surface area contributed by atoms with Gasteiger partial charge in [-0.15, -0.1) is 0 Å². The molecule has 1 heterocycles. The Balaban J connectivity index is 1.80. The minimum Gasteiger partial charge on any atom is -0.350 e. The van der Waals surface area contributed by atoms with Gasteiger partial charge in [-0.3, -0.25) is 4.90 Å². The van der Waals surface area contributed by atoms with Gasteiger partial charge in [0.1, 0.15) is 0 Å². The average Bonchev–Trinajstić information content (AvgIpc) is 2.64. The molecule has 0 amide bonds. The zero-order valence-electron chi connectivity index (χ0n) is 14.3. The fourth-order valence-electron chi connectivity index (χ4n) is 3.58. The minimum atomic E-state index is 0.265. The summed E-state index contributed by atoms with van der Waals surface area (Å²) in [6, 6.07) is 21.4. The summed E-state index contributed by atoms with van der Waals surface area (Å²) >= 11 is 5.77. The Morgan fingerprint density at radius 2 is 1.50 bits per heavy atom. The first-order chi connectivity index (χ1) is 11.8. The first-order valence-electron chi connectivity index (χ1n) is 8.90. The molecule has 1 N–H and O–H groups in total. The van der Waals surface area contributed by atoms with Crippen LogP contribution in [0, 0.1) is 5.92 Å². The number of piperidine rings is 1. The number of para-hydroxylation sites is 1. The van der Waals surface area contributed by atoms with E-state index in [2.05, 4.69) is 59.6 Å². The van der Waals surface area contributed by atoms with Crippen LogP contribution in [0.15, 0.2) is 60.7 Å². The molecule has 2 nitrogen and oxygen atoms in total. The lowest BCUT2D eigenvalue weighted by molar-refractivity contribution is 0.143. The van der Waals surface area contributed by atoms with Gasteiger partial charge in [-0.25, -0.2) is 0 Å². The number of anilines is 1. The van der Waals surface area contributed by atoms with Crippen LogP contribution in [0.1, 0.15) is 37.8 Å². The summed E-state index contributed by atoms with van der Waals surface area (Å²) in [4.78, 5) is 3.53. The summed E-state index contributed by atoms with van der Waals surface area (Å²) in [6.45, 7) is 4.58. The van der Waals surface area contributed by atoms with Gasteiger partial charge in [0.2, 0.25) is 0 Å². The van der Waals surface area contributed by atoms with Crippen molar-refractivity contribution in [1.82, 2.24) is 4.90 Å². The highest BCUT2D eigenvalue weighted by molar-refractivity contribution is 7.80. The predicted molar refractivity (Wildman–Crippen MR) is 106 cm³/mol. The van der Waals surface area contributed by atoms with Crippen LogP contribution in [0.25, 0.3) is 0 Å². The molecule has 0 spiro atoms. The number of nitrogens with one attached hydrogen (secondary N) is 1. The molecule has 0 bridgehead atoms. The van der Waals surface area contributed by atoms with Gasteiger partial charge in [-0.1, -0.05) is 74.1 Å². The Bertz CT molecular complexity index is 635. The van der Waals surface area contributed by atoms with E-state index in [1.807, 2.05) is 18.2 Å². The molecule has 2 aromatic rings. The zero-order valence-corrected chi connectivity index (χ0v) is 15.1. The van der Waals surface area contributed by atoms with Gasteiger partial charge in [0.15, 0.2) is 0 Å². The molecule has 126 valence electrons. The van der Waals surface area contributed by atoms with Gasteiger partial charge in [0.05, 0.1) is 4.99 Å². The second-order valence-electron chi connectivity index (χ2n) is 6.60. The Morgan fingerprint density at radius 1 is 0.917 bits per heavy atom. The largest absolute Gasteiger partial charge is 0.350 e. The minimum absolute atomic E-state index is 0.265. The molecule has 1 saturated heterocycles. The van der Waals surface area contributed by atoms with Crippen LogP contribution < -0.4 is 5.32 Å². The summed E-state index contributed by atoms with van der Waals surface area (Å²) in [5.74, 6) is 0.265. The maximum atomic E-state index is 5.77. The molecule has 3 heteroatoms. The maximum Gasteiger partial charge on any atom is 0.0845 e. The third-order valence-electron chi connectivity index (χ3n) is 4.85. The summed E-state index contributed by atoms with van der Waals surface area (Å²) < 4.78 is 0. The predicted octanol–water partition coefficient (Wildman–Crippen LogP) is 5.29. The van der Waals surface area contributed by atoms with Gasteiger partial charge < -0.3 is 5.32 Å². The summed E-state index contributed by atoms with van der Waals surface area (Å²) in [6.07, 6.45) is 3.92. The van der Waals surface area contributed by atoms with Crippen molar-refractivity contribution in [2.24, 2.45) is 5.92 Å². The van der Waals surface area contributed by atoms with Crippen molar-refractivity contribution < 1.29 is 0 Å².